The summed E-state index contributed by atoms with van der Waals surface area (Å²) >= 11 is 0. The van der Waals surface area contributed by atoms with Crippen molar-refractivity contribution in [3.63, 3.8) is 0 Å². The number of benzene rings is 1. The molecule has 0 saturated heterocycles. The lowest BCUT2D eigenvalue weighted by Crippen LogP contribution is -2.18. The first-order chi connectivity index (χ1) is 8.81. The molecular weight excluding hydrogens is 226 g/mol. The monoisotopic (exact) mass is 247 g/mol. The molecule has 1 N–H and O–H groups in total. The fraction of sp³-hybridized carbons (Fsp3) is 0.533. The van der Waals surface area contributed by atoms with Crippen molar-refractivity contribution in [1.29, 1.82) is 0 Å². The van der Waals surface area contributed by atoms with Crippen molar-refractivity contribution >= 4 is 5.97 Å². The lowest BCUT2D eigenvalue weighted by molar-refractivity contribution is 0.0316. The molecule has 1 aliphatic carbocycles. The van der Waals surface area contributed by atoms with Crippen LogP contribution < -0.4 is 5.32 Å². The summed E-state index contributed by atoms with van der Waals surface area (Å²) in [5.41, 5.74) is 1.79. The zero-order valence-corrected chi connectivity index (χ0v) is 10.9. The maximum Gasteiger partial charge on any atom is 0.338 e. The second-order valence-electron chi connectivity index (χ2n) is 4.82. The Hall–Kier alpha value is -1.35. The Bertz CT molecular complexity index is 397. The molecule has 1 aliphatic rings. The SMILES string of the molecule is CNCCc1ccccc1C(=O)OC1CCCC1. The fourth-order valence-corrected chi connectivity index (χ4v) is 2.42. The van der Waals surface area contributed by atoms with E-state index < -0.39 is 0 Å². The van der Waals surface area contributed by atoms with Crippen LogP contribution in [0.15, 0.2) is 24.3 Å². The van der Waals surface area contributed by atoms with Gasteiger partial charge < -0.3 is 10.1 Å². The van der Waals surface area contributed by atoms with Crippen LogP contribution in [0.5, 0.6) is 0 Å². The highest BCUT2D eigenvalue weighted by Gasteiger charge is 2.21. The predicted octanol–water partition coefficient (Wildman–Crippen LogP) is 2.55. The minimum Gasteiger partial charge on any atom is -0.459 e. The molecule has 3 heteroatoms. The Morgan fingerprint density at radius 3 is 2.78 bits per heavy atom. The summed E-state index contributed by atoms with van der Waals surface area (Å²) in [6.07, 6.45) is 5.38. The normalized spacial score (nSPS) is 15.8. The van der Waals surface area contributed by atoms with Gasteiger partial charge in [-0.15, -0.1) is 0 Å². The number of esters is 1. The highest BCUT2D eigenvalue weighted by molar-refractivity contribution is 5.91. The molecule has 3 nitrogen and oxygen atoms in total. The maximum absolute atomic E-state index is 12.1. The predicted molar refractivity (Wildman–Crippen MR) is 71.7 cm³/mol. The van der Waals surface area contributed by atoms with Crippen molar-refractivity contribution in [1.82, 2.24) is 5.32 Å². The van der Waals surface area contributed by atoms with Gasteiger partial charge in [0.05, 0.1) is 5.56 Å². The van der Waals surface area contributed by atoms with Gasteiger partial charge in [-0.05, 0) is 57.3 Å². The van der Waals surface area contributed by atoms with Crippen LogP contribution in [-0.4, -0.2) is 25.7 Å². The summed E-state index contributed by atoms with van der Waals surface area (Å²) in [7, 11) is 1.92. The average Bonchev–Trinajstić information content (AvgIpc) is 2.89. The second kappa shape index (κ2) is 6.55. The molecule has 0 aliphatic heterocycles. The van der Waals surface area contributed by atoms with E-state index in [4.69, 9.17) is 4.74 Å². The Balaban J connectivity index is 2.03. The highest BCUT2D eigenvalue weighted by Crippen LogP contribution is 2.22. The van der Waals surface area contributed by atoms with E-state index in [-0.39, 0.29) is 12.1 Å². The third kappa shape index (κ3) is 3.33. The first-order valence-corrected chi connectivity index (χ1v) is 6.74. The van der Waals surface area contributed by atoms with Crippen LogP contribution in [0, 0.1) is 0 Å². The van der Waals surface area contributed by atoms with Gasteiger partial charge in [0.2, 0.25) is 0 Å². The molecule has 1 aromatic carbocycles. The van der Waals surface area contributed by atoms with E-state index in [0.717, 1.165) is 36.9 Å². The van der Waals surface area contributed by atoms with Gasteiger partial charge in [-0.3, -0.25) is 0 Å². The molecular formula is C15H21NO2. The summed E-state index contributed by atoms with van der Waals surface area (Å²) in [5, 5.41) is 3.10. The van der Waals surface area contributed by atoms with Crippen molar-refractivity contribution in [2.75, 3.05) is 13.6 Å². The first-order valence-electron chi connectivity index (χ1n) is 6.74. The molecule has 0 amide bonds. The van der Waals surface area contributed by atoms with Gasteiger partial charge in [0, 0.05) is 0 Å². The first kappa shape index (κ1) is 13.1. The van der Waals surface area contributed by atoms with E-state index in [1.807, 2.05) is 31.3 Å². The van der Waals surface area contributed by atoms with E-state index in [0.29, 0.717) is 0 Å². The lowest BCUT2D eigenvalue weighted by atomic mass is 10.0. The number of rotatable bonds is 5. The minimum absolute atomic E-state index is 0.134. The number of carbonyl (C=O) groups is 1. The van der Waals surface area contributed by atoms with Crippen LogP contribution in [0.3, 0.4) is 0 Å². The van der Waals surface area contributed by atoms with Crippen molar-refractivity contribution < 1.29 is 9.53 Å². The van der Waals surface area contributed by atoms with E-state index in [1.54, 1.807) is 0 Å². The Labute approximate surface area is 109 Å². The molecule has 18 heavy (non-hydrogen) atoms. The fourth-order valence-electron chi connectivity index (χ4n) is 2.42. The summed E-state index contributed by atoms with van der Waals surface area (Å²) in [6.45, 7) is 0.869. The summed E-state index contributed by atoms with van der Waals surface area (Å²) in [6, 6.07) is 7.73. The Morgan fingerprint density at radius 2 is 2.06 bits per heavy atom. The van der Waals surface area contributed by atoms with E-state index in [2.05, 4.69) is 5.32 Å². The van der Waals surface area contributed by atoms with Gasteiger partial charge in [0.15, 0.2) is 0 Å². The summed E-state index contributed by atoms with van der Waals surface area (Å²) < 4.78 is 5.56. The van der Waals surface area contributed by atoms with Crippen LogP contribution in [0.4, 0.5) is 0 Å². The van der Waals surface area contributed by atoms with Gasteiger partial charge in [-0.25, -0.2) is 4.79 Å². The highest BCUT2D eigenvalue weighted by atomic mass is 16.5. The molecule has 0 spiro atoms. The van der Waals surface area contributed by atoms with Crippen LogP contribution >= 0.6 is 0 Å². The van der Waals surface area contributed by atoms with Crippen LogP contribution in [0.2, 0.25) is 0 Å². The number of carbonyl (C=O) groups excluding carboxylic acids is 1. The van der Waals surface area contributed by atoms with Gasteiger partial charge in [-0.1, -0.05) is 18.2 Å². The molecule has 1 fully saturated rings. The molecule has 0 heterocycles. The van der Waals surface area contributed by atoms with Gasteiger partial charge in [0.25, 0.3) is 0 Å². The molecule has 2 rings (SSSR count). The number of ether oxygens (including phenoxy) is 1. The lowest BCUT2D eigenvalue weighted by Gasteiger charge is -2.13. The van der Waals surface area contributed by atoms with Crippen molar-refractivity contribution in [3.05, 3.63) is 35.4 Å². The minimum atomic E-state index is -0.159. The summed E-state index contributed by atoms with van der Waals surface area (Å²) in [4.78, 5) is 12.1. The van der Waals surface area contributed by atoms with Crippen molar-refractivity contribution in [2.45, 2.75) is 38.2 Å². The molecule has 0 atom stereocenters. The molecule has 0 bridgehead atoms. The molecule has 1 saturated carbocycles. The largest absolute Gasteiger partial charge is 0.459 e. The van der Waals surface area contributed by atoms with E-state index in [9.17, 15) is 4.79 Å². The topological polar surface area (TPSA) is 38.3 Å². The number of hydrogen-bond donors (Lipinski definition) is 1. The third-order valence-electron chi connectivity index (χ3n) is 3.46. The van der Waals surface area contributed by atoms with Crippen molar-refractivity contribution in [2.24, 2.45) is 0 Å². The number of hydrogen-bond acceptors (Lipinski definition) is 3. The zero-order chi connectivity index (χ0) is 12.8. The van der Waals surface area contributed by atoms with E-state index in [1.165, 1.54) is 12.8 Å². The third-order valence-corrected chi connectivity index (χ3v) is 3.46. The number of nitrogens with one attached hydrogen (secondary N) is 1. The van der Waals surface area contributed by atoms with Gasteiger partial charge >= 0.3 is 5.97 Å². The standard InChI is InChI=1S/C15H21NO2/c1-16-11-10-12-6-2-5-9-14(12)15(17)18-13-7-3-4-8-13/h2,5-6,9,13,16H,3-4,7-8,10-11H2,1H3. The van der Waals surface area contributed by atoms with Crippen LogP contribution in [0.1, 0.15) is 41.6 Å². The average molecular weight is 247 g/mol. The molecule has 0 radical (unpaired) electrons. The maximum atomic E-state index is 12.1. The quantitative estimate of drug-likeness (QED) is 0.813. The summed E-state index contributed by atoms with van der Waals surface area (Å²) in [5.74, 6) is -0.159. The van der Waals surface area contributed by atoms with Crippen LogP contribution in [0.25, 0.3) is 0 Å². The van der Waals surface area contributed by atoms with E-state index >= 15 is 0 Å². The molecule has 0 unspecified atom stereocenters. The smallest absolute Gasteiger partial charge is 0.338 e. The van der Waals surface area contributed by atoms with Gasteiger partial charge in [0.1, 0.15) is 6.10 Å². The Kier molecular flexibility index (Phi) is 4.76. The molecule has 98 valence electrons. The Morgan fingerprint density at radius 1 is 1.33 bits per heavy atom. The zero-order valence-electron chi connectivity index (χ0n) is 10.9. The molecule has 0 aromatic heterocycles. The molecule has 1 aromatic rings. The number of likely N-dealkylation sites (N-methyl/N-ethyl adjacent to an activating group) is 1. The van der Waals surface area contributed by atoms with Crippen molar-refractivity contribution in [3.8, 4) is 0 Å². The van der Waals surface area contributed by atoms with Gasteiger partial charge in [-0.2, -0.15) is 0 Å². The van der Waals surface area contributed by atoms with Crippen LogP contribution in [-0.2, 0) is 11.2 Å². The second-order valence-corrected chi connectivity index (χ2v) is 4.82.